The van der Waals surface area contributed by atoms with Crippen LogP contribution in [0.1, 0.15) is 40.0 Å². The Morgan fingerprint density at radius 1 is 1.25 bits per heavy atom. The van der Waals surface area contributed by atoms with Crippen molar-refractivity contribution in [2.75, 3.05) is 33.7 Å². The van der Waals surface area contributed by atoms with Crippen LogP contribution in [0.5, 0.6) is 0 Å². The summed E-state index contributed by atoms with van der Waals surface area (Å²) >= 11 is 0. The fourth-order valence-electron chi connectivity index (χ4n) is 4.34. The quantitative estimate of drug-likeness (QED) is 0.540. The molecule has 0 radical (unpaired) electrons. The number of fused-ring (bicyclic) bond motifs is 2. The molecule has 0 aromatic heterocycles. The summed E-state index contributed by atoms with van der Waals surface area (Å²) in [6.45, 7) is 9.64. The highest BCUT2D eigenvalue weighted by Crippen LogP contribution is 2.61. The van der Waals surface area contributed by atoms with Gasteiger partial charge < -0.3 is 15.5 Å². The Morgan fingerprint density at radius 3 is 2.45 bits per heavy atom. The van der Waals surface area contributed by atoms with Gasteiger partial charge in [0.1, 0.15) is 13.1 Å². The summed E-state index contributed by atoms with van der Waals surface area (Å²) in [7, 11) is 4.29. The van der Waals surface area contributed by atoms with Gasteiger partial charge in [-0.1, -0.05) is 13.8 Å². The van der Waals surface area contributed by atoms with Crippen LogP contribution in [0.15, 0.2) is 0 Å². The predicted molar refractivity (Wildman–Crippen MR) is 80.5 cm³/mol. The average Bonchev–Trinajstić information content (AvgIpc) is 2.89. The second-order valence-corrected chi connectivity index (χ2v) is 7.92. The largest absolute Gasteiger partial charge is 0.345 e. The molecule has 2 rings (SSSR count). The Bertz CT molecular complexity index is 367. The monoisotopic (exact) mass is 283 g/mol. The first kappa shape index (κ1) is 15.8. The molecule has 0 saturated heterocycles. The van der Waals surface area contributed by atoms with Gasteiger partial charge in [0.2, 0.25) is 0 Å². The van der Waals surface area contributed by atoms with Gasteiger partial charge >= 0.3 is 0 Å². The Morgan fingerprint density at radius 2 is 1.90 bits per heavy atom. The fourth-order valence-corrected chi connectivity index (χ4v) is 4.34. The maximum Gasteiger partial charge on any atom is 0.275 e. The highest BCUT2D eigenvalue weighted by molar-refractivity contribution is 5.77. The zero-order chi connectivity index (χ0) is 15.0. The molecule has 2 fully saturated rings. The Kier molecular flexibility index (Phi) is 4.45. The molecule has 2 saturated carbocycles. The zero-order valence-electron chi connectivity index (χ0n) is 13.9. The van der Waals surface area contributed by atoms with E-state index in [1.165, 1.54) is 24.2 Å². The molecule has 2 aliphatic carbocycles. The van der Waals surface area contributed by atoms with Crippen LogP contribution in [0.4, 0.5) is 0 Å². The van der Waals surface area contributed by atoms with Crippen molar-refractivity contribution in [3.63, 3.8) is 0 Å². The number of nitrogens with two attached hydrogens (primary N) is 1. The Labute approximate surface area is 123 Å². The molecule has 4 nitrogen and oxygen atoms in total. The molecule has 116 valence electrons. The smallest absolute Gasteiger partial charge is 0.275 e. The molecule has 3 atom stereocenters. The van der Waals surface area contributed by atoms with E-state index in [1.807, 2.05) is 0 Å². The summed E-state index contributed by atoms with van der Waals surface area (Å²) in [5.41, 5.74) is 0.229. The van der Waals surface area contributed by atoms with E-state index in [0.29, 0.717) is 12.5 Å². The average molecular weight is 283 g/mol. The summed E-state index contributed by atoms with van der Waals surface area (Å²) in [5, 5.41) is 5.52. The molecule has 2 aliphatic rings. The van der Waals surface area contributed by atoms with Crippen LogP contribution in [-0.4, -0.2) is 45.2 Å². The zero-order valence-corrected chi connectivity index (χ0v) is 13.9. The normalized spacial score (nSPS) is 34.7. The summed E-state index contributed by atoms with van der Waals surface area (Å²) in [4.78, 5) is 13.7. The summed E-state index contributed by atoms with van der Waals surface area (Å²) in [5.74, 6) is 1.68. The molecule has 2 bridgehead atoms. The van der Waals surface area contributed by atoms with Gasteiger partial charge in [0, 0.05) is 5.54 Å². The molecule has 0 aliphatic heterocycles. The van der Waals surface area contributed by atoms with Crippen molar-refractivity contribution in [1.29, 1.82) is 0 Å². The number of amides is 1. The van der Waals surface area contributed by atoms with Gasteiger partial charge in [-0.2, -0.15) is 0 Å². The molecular formula is C16H33N3O+2. The highest BCUT2D eigenvalue weighted by Gasteiger charge is 2.60. The maximum atomic E-state index is 12.3. The van der Waals surface area contributed by atoms with E-state index in [1.54, 1.807) is 0 Å². The maximum absolute atomic E-state index is 12.3. The van der Waals surface area contributed by atoms with E-state index >= 15 is 0 Å². The minimum Gasteiger partial charge on any atom is -0.345 e. The molecule has 4 heteroatoms. The van der Waals surface area contributed by atoms with Gasteiger partial charge in [0.05, 0.1) is 14.1 Å². The van der Waals surface area contributed by atoms with Crippen LogP contribution in [0.25, 0.3) is 0 Å². The van der Waals surface area contributed by atoms with E-state index in [4.69, 9.17) is 0 Å². The molecule has 0 unspecified atom stereocenters. The van der Waals surface area contributed by atoms with Gasteiger partial charge in [-0.15, -0.1) is 0 Å². The number of quaternary nitrogens is 2. The van der Waals surface area contributed by atoms with Crippen LogP contribution in [0.3, 0.4) is 0 Å². The van der Waals surface area contributed by atoms with E-state index < -0.39 is 0 Å². The number of carbonyl (C=O) groups excluding carboxylic acids is 1. The van der Waals surface area contributed by atoms with Crippen molar-refractivity contribution in [2.24, 2.45) is 17.3 Å². The van der Waals surface area contributed by atoms with Crippen molar-refractivity contribution in [3.8, 4) is 0 Å². The van der Waals surface area contributed by atoms with Crippen LogP contribution in [0.2, 0.25) is 0 Å². The molecule has 0 aromatic carbocycles. The van der Waals surface area contributed by atoms with Crippen molar-refractivity contribution in [3.05, 3.63) is 0 Å². The minimum absolute atomic E-state index is 0.00631. The summed E-state index contributed by atoms with van der Waals surface area (Å²) in [6, 6.07) is 0. The van der Waals surface area contributed by atoms with E-state index in [9.17, 15) is 4.79 Å². The second-order valence-electron chi connectivity index (χ2n) is 7.92. The topological polar surface area (TPSA) is 50.2 Å². The highest BCUT2D eigenvalue weighted by atomic mass is 16.2. The number of hydrogen-bond donors (Lipinski definition) is 3. The molecule has 0 spiro atoms. The third-order valence-electron chi connectivity index (χ3n) is 6.19. The van der Waals surface area contributed by atoms with Crippen LogP contribution >= 0.6 is 0 Å². The minimum atomic E-state index is -0.00631. The van der Waals surface area contributed by atoms with E-state index in [2.05, 4.69) is 45.5 Å². The molecule has 4 N–H and O–H groups in total. The number of carbonyl (C=O) groups is 1. The fraction of sp³-hybridized carbons (Fsp3) is 0.938. The van der Waals surface area contributed by atoms with Crippen LogP contribution in [0, 0.1) is 17.3 Å². The molecule has 0 heterocycles. The molecule has 0 aromatic rings. The molecule has 20 heavy (non-hydrogen) atoms. The van der Waals surface area contributed by atoms with Crippen molar-refractivity contribution in [2.45, 2.75) is 45.6 Å². The molecular weight excluding hydrogens is 250 g/mol. The third kappa shape index (κ3) is 2.73. The second kappa shape index (κ2) is 5.64. The van der Waals surface area contributed by atoms with Crippen molar-refractivity contribution >= 4 is 5.91 Å². The number of nitrogens with one attached hydrogen (secondary N) is 2. The van der Waals surface area contributed by atoms with Gasteiger partial charge in [-0.3, -0.25) is 4.79 Å². The third-order valence-corrected chi connectivity index (χ3v) is 6.19. The SMILES string of the molecule is C[NH+](C)CC[NH2+]CC(=O)N[C@]1(C)[C@@H]2CC[C@@H](C2)C1(C)C. The first-order valence-corrected chi connectivity index (χ1v) is 8.19. The van der Waals surface area contributed by atoms with Crippen molar-refractivity contribution in [1.82, 2.24) is 5.32 Å². The number of hydrogen-bond acceptors (Lipinski definition) is 1. The number of rotatable bonds is 6. The van der Waals surface area contributed by atoms with E-state index in [0.717, 1.165) is 19.0 Å². The lowest BCUT2D eigenvalue weighted by molar-refractivity contribution is -0.873. The van der Waals surface area contributed by atoms with Gasteiger partial charge in [-0.25, -0.2) is 0 Å². The van der Waals surface area contributed by atoms with E-state index in [-0.39, 0.29) is 16.9 Å². The first-order chi connectivity index (χ1) is 9.27. The Balaban J connectivity index is 1.84. The van der Waals surface area contributed by atoms with Crippen LogP contribution in [-0.2, 0) is 4.79 Å². The van der Waals surface area contributed by atoms with Crippen molar-refractivity contribution < 1.29 is 15.0 Å². The van der Waals surface area contributed by atoms with Gasteiger partial charge in [0.15, 0.2) is 6.54 Å². The lowest BCUT2D eigenvalue weighted by atomic mass is 9.64. The summed E-state index contributed by atoms with van der Waals surface area (Å²) in [6.07, 6.45) is 3.94. The van der Waals surface area contributed by atoms with Gasteiger partial charge in [0.25, 0.3) is 5.91 Å². The summed E-state index contributed by atoms with van der Waals surface area (Å²) < 4.78 is 0. The number of likely N-dealkylation sites (N-methyl/N-ethyl adjacent to an activating group) is 1. The Hall–Kier alpha value is -0.610. The predicted octanol–water partition coefficient (Wildman–Crippen LogP) is -0.975. The van der Waals surface area contributed by atoms with Crippen LogP contribution < -0.4 is 15.5 Å². The first-order valence-electron chi connectivity index (χ1n) is 8.19. The molecule has 1 amide bonds. The lowest BCUT2D eigenvalue weighted by Crippen LogP contribution is -3.09. The standard InChI is InChI=1S/C16H31N3O/c1-15(2)12-6-7-13(10-12)16(15,3)18-14(20)11-17-8-9-19(4)5/h12-13,17H,6-11H2,1-5H3,(H,18,20)/p+2/t12-,13+,16+/m0/s1. The lowest BCUT2D eigenvalue weighted by Gasteiger charge is -2.48. The van der Waals surface area contributed by atoms with Gasteiger partial charge in [-0.05, 0) is 43.4 Å².